The second-order valence-electron chi connectivity index (χ2n) is 5.68. The molecule has 2 aromatic heterocycles. The molecular formula is C17H18N4O. The fourth-order valence-electron chi connectivity index (χ4n) is 2.92. The molecular weight excluding hydrogens is 276 g/mol. The molecule has 0 aliphatic carbocycles. The third-order valence-electron chi connectivity index (χ3n) is 4.16. The number of benzene rings is 1. The van der Waals surface area contributed by atoms with E-state index in [2.05, 4.69) is 46.4 Å². The van der Waals surface area contributed by atoms with E-state index < -0.39 is 0 Å². The van der Waals surface area contributed by atoms with Crippen LogP contribution in [0.15, 0.2) is 43.0 Å². The maximum Gasteiger partial charge on any atom is 0.0991 e. The summed E-state index contributed by atoms with van der Waals surface area (Å²) in [6.07, 6.45) is 7.91. The normalized spacial score (nSPS) is 18.0. The maximum absolute atomic E-state index is 5.71. The predicted molar refractivity (Wildman–Crippen MR) is 83.8 cm³/mol. The van der Waals surface area contributed by atoms with Crippen molar-refractivity contribution in [2.24, 2.45) is 0 Å². The number of nitrogens with one attached hydrogen (secondary N) is 1. The van der Waals surface area contributed by atoms with Crippen LogP contribution in [0.4, 0.5) is 0 Å². The second kappa shape index (κ2) is 5.42. The Morgan fingerprint density at radius 1 is 1.32 bits per heavy atom. The minimum absolute atomic E-state index is 0.166. The standard InChI is InChI=1S/C17H18N4O/c1-12-4-5-13(9-16(12)21-7-6-18-11-21)14-10-15(20-19-14)17-3-2-8-22-17/h4-7,9-11,17H,2-3,8H2,1H3,(H,19,20)/t17-/m0/s1. The molecule has 1 N–H and O–H groups in total. The number of rotatable bonds is 3. The number of ether oxygens (including phenoxy) is 1. The van der Waals surface area contributed by atoms with Gasteiger partial charge in [-0.05, 0) is 37.5 Å². The van der Waals surface area contributed by atoms with Crippen molar-refractivity contribution in [1.82, 2.24) is 19.7 Å². The van der Waals surface area contributed by atoms with Crippen LogP contribution in [-0.2, 0) is 4.74 Å². The van der Waals surface area contributed by atoms with Crippen LogP contribution in [0.5, 0.6) is 0 Å². The molecule has 112 valence electrons. The van der Waals surface area contributed by atoms with Crippen molar-refractivity contribution >= 4 is 0 Å². The van der Waals surface area contributed by atoms with E-state index in [4.69, 9.17) is 4.74 Å². The number of nitrogens with zero attached hydrogens (tertiary/aromatic N) is 3. The maximum atomic E-state index is 5.71. The molecule has 0 bridgehead atoms. The van der Waals surface area contributed by atoms with Crippen LogP contribution in [0.2, 0.25) is 0 Å². The first-order chi connectivity index (χ1) is 10.8. The van der Waals surface area contributed by atoms with Gasteiger partial charge in [0, 0.05) is 24.6 Å². The number of imidazole rings is 1. The number of hydrogen-bond acceptors (Lipinski definition) is 3. The molecule has 0 spiro atoms. The molecule has 3 aromatic rings. The van der Waals surface area contributed by atoms with E-state index in [0.29, 0.717) is 0 Å². The Morgan fingerprint density at radius 3 is 3.05 bits per heavy atom. The third-order valence-corrected chi connectivity index (χ3v) is 4.16. The second-order valence-corrected chi connectivity index (χ2v) is 5.68. The van der Waals surface area contributed by atoms with Gasteiger partial charge in [-0.15, -0.1) is 0 Å². The molecule has 5 nitrogen and oxygen atoms in total. The van der Waals surface area contributed by atoms with Crippen LogP contribution in [0, 0.1) is 6.92 Å². The first kappa shape index (κ1) is 13.3. The molecule has 0 saturated carbocycles. The summed E-state index contributed by atoms with van der Waals surface area (Å²) in [5.41, 5.74) is 5.44. The lowest BCUT2D eigenvalue weighted by molar-refractivity contribution is 0.108. The van der Waals surface area contributed by atoms with Crippen LogP contribution in [0.3, 0.4) is 0 Å². The summed E-state index contributed by atoms with van der Waals surface area (Å²) < 4.78 is 7.73. The van der Waals surface area contributed by atoms with Crippen LogP contribution in [-0.4, -0.2) is 26.4 Å². The van der Waals surface area contributed by atoms with E-state index in [1.807, 2.05) is 17.1 Å². The molecule has 1 aliphatic heterocycles. The van der Waals surface area contributed by atoms with Crippen LogP contribution in [0.1, 0.15) is 30.2 Å². The van der Waals surface area contributed by atoms with Gasteiger partial charge in [0.05, 0.1) is 29.5 Å². The summed E-state index contributed by atoms with van der Waals surface area (Å²) in [5, 5.41) is 7.57. The van der Waals surface area contributed by atoms with E-state index in [9.17, 15) is 0 Å². The Labute approximate surface area is 129 Å². The van der Waals surface area contributed by atoms with Crippen molar-refractivity contribution in [2.75, 3.05) is 6.61 Å². The highest BCUT2D eigenvalue weighted by molar-refractivity contribution is 5.64. The van der Waals surface area contributed by atoms with Gasteiger partial charge in [0.25, 0.3) is 0 Å². The van der Waals surface area contributed by atoms with Gasteiger partial charge in [-0.3, -0.25) is 5.10 Å². The van der Waals surface area contributed by atoms with Crippen LogP contribution in [0.25, 0.3) is 16.9 Å². The summed E-state index contributed by atoms with van der Waals surface area (Å²) in [6.45, 7) is 2.94. The highest BCUT2D eigenvalue weighted by Crippen LogP contribution is 2.30. The lowest BCUT2D eigenvalue weighted by Gasteiger charge is -2.08. The highest BCUT2D eigenvalue weighted by Gasteiger charge is 2.20. The zero-order chi connectivity index (χ0) is 14.9. The van der Waals surface area contributed by atoms with E-state index in [0.717, 1.165) is 42.1 Å². The third kappa shape index (κ3) is 2.33. The van der Waals surface area contributed by atoms with Gasteiger partial charge in [0.1, 0.15) is 0 Å². The smallest absolute Gasteiger partial charge is 0.0991 e. The van der Waals surface area contributed by atoms with E-state index in [1.165, 1.54) is 5.56 Å². The molecule has 1 fully saturated rings. The number of aromatic amines is 1. The van der Waals surface area contributed by atoms with Gasteiger partial charge in [-0.2, -0.15) is 5.10 Å². The van der Waals surface area contributed by atoms with Gasteiger partial charge >= 0.3 is 0 Å². The highest BCUT2D eigenvalue weighted by atomic mass is 16.5. The minimum Gasteiger partial charge on any atom is -0.372 e. The predicted octanol–water partition coefficient (Wildman–Crippen LogP) is 3.42. The lowest BCUT2D eigenvalue weighted by Crippen LogP contribution is -1.95. The van der Waals surface area contributed by atoms with E-state index in [-0.39, 0.29) is 6.10 Å². The fraction of sp³-hybridized carbons (Fsp3) is 0.294. The zero-order valence-electron chi connectivity index (χ0n) is 12.5. The molecule has 1 atom stereocenters. The van der Waals surface area contributed by atoms with Gasteiger partial charge < -0.3 is 9.30 Å². The molecule has 1 aromatic carbocycles. The zero-order valence-corrected chi connectivity index (χ0v) is 12.5. The van der Waals surface area contributed by atoms with Crippen molar-refractivity contribution < 1.29 is 4.74 Å². The van der Waals surface area contributed by atoms with Crippen molar-refractivity contribution in [3.63, 3.8) is 0 Å². The fourth-order valence-corrected chi connectivity index (χ4v) is 2.92. The van der Waals surface area contributed by atoms with Crippen LogP contribution >= 0.6 is 0 Å². The molecule has 4 rings (SSSR count). The average Bonchev–Trinajstić information content (AvgIpc) is 3.28. The number of aryl methyl sites for hydroxylation is 1. The van der Waals surface area contributed by atoms with Crippen LogP contribution < -0.4 is 0 Å². The molecule has 22 heavy (non-hydrogen) atoms. The Kier molecular flexibility index (Phi) is 3.27. The Hall–Kier alpha value is -2.40. The number of H-pyrrole nitrogens is 1. The van der Waals surface area contributed by atoms with E-state index >= 15 is 0 Å². The molecule has 0 amide bonds. The van der Waals surface area contributed by atoms with Gasteiger partial charge in [-0.1, -0.05) is 12.1 Å². The minimum atomic E-state index is 0.166. The van der Waals surface area contributed by atoms with Crippen molar-refractivity contribution in [3.05, 3.63) is 54.2 Å². The molecule has 0 unspecified atom stereocenters. The van der Waals surface area contributed by atoms with Crippen molar-refractivity contribution in [2.45, 2.75) is 25.9 Å². The van der Waals surface area contributed by atoms with Gasteiger partial charge in [-0.25, -0.2) is 4.98 Å². The summed E-state index contributed by atoms with van der Waals surface area (Å²) in [7, 11) is 0. The average molecular weight is 294 g/mol. The Balaban J connectivity index is 1.69. The molecule has 0 radical (unpaired) electrons. The van der Waals surface area contributed by atoms with Crippen molar-refractivity contribution in [3.8, 4) is 16.9 Å². The molecule has 1 saturated heterocycles. The summed E-state index contributed by atoms with van der Waals surface area (Å²) in [6, 6.07) is 8.46. The summed E-state index contributed by atoms with van der Waals surface area (Å²) in [4.78, 5) is 4.12. The Morgan fingerprint density at radius 2 is 2.27 bits per heavy atom. The SMILES string of the molecule is Cc1ccc(-c2cc([C@@H]3CCCO3)[nH]n2)cc1-n1ccnc1. The monoisotopic (exact) mass is 294 g/mol. The number of hydrogen-bond donors (Lipinski definition) is 1. The first-order valence-electron chi connectivity index (χ1n) is 7.57. The molecule has 5 heteroatoms. The first-order valence-corrected chi connectivity index (χ1v) is 7.57. The molecule has 3 heterocycles. The number of aromatic nitrogens is 4. The van der Waals surface area contributed by atoms with Crippen molar-refractivity contribution in [1.29, 1.82) is 0 Å². The lowest BCUT2D eigenvalue weighted by atomic mass is 10.1. The summed E-state index contributed by atoms with van der Waals surface area (Å²) in [5.74, 6) is 0. The van der Waals surface area contributed by atoms with Gasteiger partial charge in [0.15, 0.2) is 0 Å². The summed E-state index contributed by atoms with van der Waals surface area (Å²) >= 11 is 0. The van der Waals surface area contributed by atoms with Gasteiger partial charge in [0.2, 0.25) is 0 Å². The topological polar surface area (TPSA) is 55.7 Å². The molecule has 1 aliphatic rings. The largest absolute Gasteiger partial charge is 0.372 e. The van der Waals surface area contributed by atoms with E-state index in [1.54, 1.807) is 6.20 Å². The Bertz CT molecular complexity index is 770. The quantitative estimate of drug-likeness (QED) is 0.805.